The molecule has 0 spiro atoms. The van der Waals surface area contributed by atoms with E-state index in [0.717, 1.165) is 25.7 Å². The van der Waals surface area contributed by atoms with Gasteiger partial charge in [-0.2, -0.15) is 0 Å². The van der Waals surface area contributed by atoms with E-state index < -0.39 is 0 Å². The summed E-state index contributed by atoms with van der Waals surface area (Å²) < 4.78 is 0. The van der Waals surface area contributed by atoms with Gasteiger partial charge >= 0.3 is 0 Å². The number of unbranched alkanes of at least 4 members (excludes halogenated alkanes) is 30. The highest BCUT2D eigenvalue weighted by Gasteiger charge is 1.98. The standard InChI is InChI=1S/C41H78N2O2/c1-3-5-7-9-11-13-15-17-19-21-23-25-27-29-31-33-35-37-40(44)42-39-43-41(45)38-36-34-32-30-28-26-24-22-20-18-16-14-12-10-8-6-4-2/h35-38H,3-34,39H2,1-2H3,(H,42,44)(H,43,45)/b37-35+,38-36+. The van der Waals surface area contributed by atoms with Gasteiger partial charge in [-0.05, 0) is 37.8 Å². The van der Waals surface area contributed by atoms with Crippen molar-refractivity contribution in [3.05, 3.63) is 24.3 Å². The minimum atomic E-state index is -0.141. The number of nitrogens with one attached hydrogen (secondary N) is 2. The summed E-state index contributed by atoms with van der Waals surface area (Å²) in [5.74, 6) is -0.281. The van der Waals surface area contributed by atoms with Gasteiger partial charge in [0.25, 0.3) is 0 Å². The fourth-order valence-corrected chi connectivity index (χ4v) is 5.98. The van der Waals surface area contributed by atoms with Crippen LogP contribution in [0.2, 0.25) is 0 Å². The third-order valence-electron chi connectivity index (χ3n) is 9.01. The summed E-state index contributed by atoms with van der Waals surface area (Å²) in [4.78, 5) is 23.9. The molecule has 0 aromatic heterocycles. The molecular weight excluding hydrogens is 552 g/mol. The first-order chi connectivity index (χ1) is 22.2. The Morgan fingerprint density at radius 1 is 0.356 bits per heavy atom. The number of hydrogen-bond acceptors (Lipinski definition) is 2. The molecule has 0 atom stereocenters. The third kappa shape index (κ3) is 38.5. The lowest BCUT2D eigenvalue weighted by Crippen LogP contribution is -2.35. The molecule has 0 aliphatic heterocycles. The van der Waals surface area contributed by atoms with Crippen LogP contribution in [0.5, 0.6) is 0 Å². The van der Waals surface area contributed by atoms with Gasteiger partial charge in [0.2, 0.25) is 11.8 Å². The lowest BCUT2D eigenvalue weighted by Gasteiger charge is -2.04. The van der Waals surface area contributed by atoms with E-state index in [1.54, 1.807) is 12.2 Å². The van der Waals surface area contributed by atoms with Crippen LogP contribution in [0.1, 0.15) is 219 Å². The molecule has 0 aliphatic carbocycles. The first kappa shape index (κ1) is 43.4. The molecule has 0 rings (SSSR count). The van der Waals surface area contributed by atoms with Crippen LogP contribution in [0, 0.1) is 0 Å². The molecule has 4 heteroatoms. The average molecular weight is 631 g/mol. The van der Waals surface area contributed by atoms with Gasteiger partial charge in [0.15, 0.2) is 0 Å². The zero-order valence-electron chi connectivity index (χ0n) is 30.5. The number of carbonyl (C=O) groups excluding carboxylic acids is 2. The normalized spacial score (nSPS) is 11.6. The molecule has 0 fully saturated rings. The van der Waals surface area contributed by atoms with Crippen molar-refractivity contribution < 1.29 is 9.59 Å². The van der Waals surface area contributed by atoms with E-state index in [-0.39, 0.29) is 18.5 Å². The van der Waals surface area contributed by atoms with Crippen LogP contribution < -0.4 is 10.6 Å². The van der Waals surface area contributed by atoms with Crippen LogP contribution in [0.4, 0.5) is 0 Å². The highest BCUT2D eigenvalue weighted by atomic mass is 16.2. The maximum Gasteiger partial charge on any atom is 0.245 e. The van der Waals surface area contributed by atoms with Gasteiger partial charge in [0.1, 0.15) is 0 Å². The second-order valence-corrected chi connectivity index (χ2v) is 13.5. The Kier molecular flexibility index (Phi) is 37.2. The molecule has 4 nitrogen and oxygen atoms in total. The second-order valence-electron chi connectivity index (χ2n) is 13.5. The minimum Gasteiger partial charge on any atom is -0.335 e. The summed E-state index contributed by atoms with van der Waals surface area (Å²) in [5, 5.41) is 5.47. The van der Waals surface area contributed by atoms with Crippen molar-refractivity contribution in [2.24, 2.45) is 0 Å². The Hall–Kier alpha value is -1.58. The number of carbonyl (C=O) groups is 2. The molecule has 0 heterocycles. The van der Waals surface area contributed by atoms with Crippen molar-refractivity contribution in [2.45, 2.75) is 219 Å². The van der Waals surface area contributed by atoms with Crippen LogP contribution in [0.25, 0.3) is 0 Å². The number of rotatable bonds is 36. The molecule has 0 bridgehead atoms. The largest absolute Gasteiger partial charge is 0.335 e. The SMILES string of the molecule is CCCCCCCCCCCCCCCCC/C=C/C(=O)NCNC(=O)/C=C/CCCCCCCCCCCCCCCCC. The Morgan fingerprint density at radius 3 is 0.822 bits per heavy atom. The first-order valence-electron chi connectivity index (χ1n) is 20.1. The summed E-state index contributed by atoms with van der Waals surface area (Å²) in [6.07, 6.45) is 50.0. The molecular formula is C41H78N2O2. The maximum atomic E-state index is 11.9. The van der Waals surface area contributed by atoms with Crippen LogP contribution >= 0.6 is 0 Å². The average Bonchev–Trinajstić information content (AvgIpc) is 3.04. The van der Waals surface area contributed by atoms with Gasteiger partial charge in [0.05, 0.1) is 6.67 Å². The molecule has 2 N–H and O–H groups in total. The summed E-state index contributed by atoms with van der Waals surface area (Å²) in [5.41, 5.74) is 0. The van der Waals surface area contributed by atoms with E-state index in [4.69, 9.17) is 0 Å². The summed E-state index contributed by atoms with van der Waals surface area (Å²) >= 11 is 0. The Balaban J connectivity index is 3.38. The fraction of sp³-hybridized carbons (Fsp3) is 0.854. The van der Waals surface area contributed by atoms with Crippen LogP contribution in [0.3, 0.4) is 0 Å². The van der Waals surface area contributed by atoms with Crippen molar-refractivity contribution in [1.29, 1.82) is 0 Å². The number of amides is 2. The van der Waals surface area contributed by atoms with E-state index in [1.165, 1.54) is 180 Å². The number of allylic oxidation sites excluding steroid dienone is 2. The predicted octanol–water partition coefficient (Wildman–Crippen LogP) is 12.8. The third-order valence-corrected chi connectivity index (χ3v) is 9.01. The zero-order valence-corrected chi connectivity index (χ0v) is 30.5. The van der Waals surface area contributed by atoms with Gasteiger partial charge in [0, 0.05) is 0 Å². The Labute approximate surface area is 281 Å². The first-order valence-corrected chi connectivity index (χ1v) is 20.1. The van der Waals surface area contributed by atoms with E-state index in [0.29, 0.717) is 0 Å². The van der Waals surface area contributed by atoms with Gasteiger partial charge in [-0.25, -0.2) is 0 Å². The molecule has 0 radical (unpaired) electrons. The Morgan fingerprint density at radius 2 is 0.578 bits per heavy atom. The monoisotopic (exact) mass is 631 g/mol. The van der Waals surface area contributed by atoms with E-state index in [9.17, 15) is 9.59 Å². The van der Waals surface area contributed by atoms with Gasteiger partial charge in [-0.3, -0.25) is 9.59 Å². The molecule has 0 aromatic rings. The van der Waals surface area contributed by atoms with Gasteiger partial charge in [-0.15, -0.1) is 0 Å². The Bertz CT molecular complexity index is 616. The van der Waals surface area contributed by atoms with E-state index in [1.807, 2.05) is 12.2 Å². The topological polar surface area (TPSA) is 58.2 Å². The quantitative estimate of drug-likeness (QED) is 0.0411. The summed E-state index contributed by atoms with van der Waals surface area (Å²) in [6, 6.07) is 0. The molecule has 0 aliphatic rings. The molecule has 0 aromatic carbocycles. The van der Waals surface area contributed by atoms with Crippen molar-refractivity contribution in [2.75, 3.05) is 6.67 Å². The lowest BCUT2D eigenvalue weighted by atomic mass is 10.0. The van der Waals surface area contributed by atoms with Gasteiger partial charge in [-0.1, -0.05) is 206 Å². The predicted molar refractivity (Wildman–Crippen MR) is 199 cm³/mol. The maximum absolute atomic E-state index is 11.9. The highest BCUT2D eigenvalue weighted by Crippen LogP contribution is 2.15. The minimum absolute atomic E-state index is 0.141. The molecule has 264 valence electrons. The summed E-state index contributed by atoms with van der Waals surface area (Å²) in [6.45, 7) is 4.73. The van der Waals surface area contributed by atoms with Crippen LogP contribution in [-0.2, 0) is 9.59 Å². The molecule has 2 amide bonds. The van der Waals surface area contributed by atoms with E-state index in [2.05, 4.69) is 24.5 Å². The second kappa shape index (κ2) is 38.6. The molecule has 0 saturated carbocycles. The highest BCUT2D eigenvalue weighted by molar-refractivity contribution is 5.89. The molecule has 0 unspecified atom stereocenters. The zero-order chi connectivity index (χ0) is 32.7. The van der Waals surface area contributed by atoms with Crippen LogP contribution in [-0.4, -0.2) is 18.5 Å². The van der Waals surface area contributed by atoms with E-state index >= 15 is 0 Å². The van der Waals surface area contributed by atoms with Gasteiger partial charge < -0.3 is 10.6 Å². The van der Waals surface area contributed by atoms with Crippen molar-refractivity contribution in [1.82, 2.24) is 10.6 Å². The summed E-state index contributed by atoms with van der Waals surface area (Å²) in [7, 11) is 0. The van der Waals surface area contributed by atoms with Crippen LogP contribution in [0.15, 0.2) is 24.3 Å². The van der Waals surface area contributed by atoms with Crippen molar-refractivity contribution in [3.8, 4) is 0 Å². The van der Waals surface area contributed by atoms with Crippen molar-refractivity contribution >= 4 is 11.8 Å². The fourth-order valence-electron chi connectivity index (χ4n) is 5.98. The molecule has 0 saturated heterocycles. The number of hydrogen-bond donors (Lipinski definition) is 2. The van der Waals surface area contributed by atoms with Crippen molar-refractivity contribution in [3.63, 3.8) is 0 Å². The smallest absolute Gasteiger partial charge is 0.245 e. The lowest BCUT2D eigenvalue weighted by molar-refractivity contribution is -0.118. The molecule has 45 heavy (non-hydrogen) atoms.